The summed E-state index contributed by atoms with van der Waals surface area (Å²) in [7, 11) is 4.75. The van der Waals surface area contributed by atoms with Gasteiger partial charge in [-0.2, -0.15) is 0 Å². The molecule has 0 aromatic heterocycles. The van der Waals surface area contributed by atoms with Crippen LogP contribution in [0.2, 0.25) is 5.02 Å². The van der Waals surface area contributed by atoms with Crippen LogP contribution in [0.15, 0.2) is 72.8 Å². The Morgan fingerprint density at radius 2 is 1.60 bits per heavy atom. The lowest BCUT2D eigenvalue weighted by Gasteiger charge is -2.31. The highest BCUT2D eigenvalue weighted by Crippen LogP contribution is 2.28. The van der Waals surface area contributed by atoms with E-state index in [1.165, 1.54) is 0 Å². The maximum Gasteiger partial charge on any atom is 0.242 e. The first-order valence-electron chi connectivity index (χ1n) is 11.5. The van der Waals surface area contributed by atoms with Gasteiger partial charge >= 0.3 is 0 Å². The van der Waals surface area contributed by atoms with Crippen molar-refractivity contribution >= 4 is 23.4 Å². The van der Waals surface area contributed by atoms with E-state index in [2.05, 4.69) is 5.32 Å². The van der Waals surface area contributed by atoms with Crippen molar-refractivity contribution in [3.05, 3.63) is 94.5 Å². The summed E-state index contributed by atoms with van der Waals surface area (Å²) in [4.78, 5) is 28.2. The lowest BCUT2D eigenvalue weighted by molar-refractivity contribution is -0.141. The first-order chi connectivity index (χ1) is 17.0. The number of methoxy groups -OCH3 is 2. The second-order valence-electron chi connectivity index (χ2n) is 8.12. The molecular formula is C28H31ClN2O4. The number of ether oxygens (including phenoxy) is 2. The predicted octanol–water partition coefficient (Wildman–Crippen LogP) is 4.68. The lowest BCUT2D eigenvalue weighted by Crippen LogP contribution is -2.49. The van der Waals surface area contributed by atoms with E-state index in [0.29, 0.717) is 29.4 Å². The Labute approximate surface area is 211 Å². The average Bonchev–Trinajstić information content (AvgIpc) is 2.90. The van der Waals surface area contributed by atoms with Gasteiger partial charge in [0.25, 0.3) is 0 Å². The van der Waals surface area contributed by atoms with Gasteiger partial charge in [-0.15, -0.1) is 0 Å². The highest BCUT2D eigenvalue weighted by Gasteiger charge is 2.30. The second kappa shape index (κ2) is 12.8. The topological polar surface area (TPSA) is 67.9 Å². The third-order valence-electron chi connectivity index (χ3n) is 5.89. The number of aryl methyl sites for hydroxylation is 1. The minimum absolute atomic E-state index is 0.135. The molecule has 0 fully saturated rings. The van der Waals surface area contributed by atoms with Crippen molar-refractivity contribution in [1.29, 1.82) is 0 Å². The number of rotatable bonds is 11. The third kappa shape index (κ3) is 6.99. The molecule has 2 amide bonds. The number of nitrogens with one attached hydrogen (secondary N) is 1. The Kier molecular flexibility index (Phi) is 9.56. The SMILES string of the molecule is CNC(=O)[C@@H](Cc1ccccc1)N(Cc1ccccc1Cl)C(=O)CCc1ccc(OC)c(OC)c1. The third-order valence-corrected chi connectivity index (χ3v) is 6.26. The van der Waals surface area contributed by atoms with Gasteiger partial charge in [0.1, 0.15) is 6.04 Å². The van der Waals surface area contributed by atoms with Crippen molar-refractivity contribution in [2.45, 2.75) is 31.8 Å². The molecule has 7 heteroatoms. The number of halogens is 1. The van der Waals surface area contributed by atoms with Gasteiger partial charge in [-0.25, -0.2) is 0 Å². The van der Waals surface area contributed by atoms with Crippen LogP contribution in [0.4, 0.5) is 0 Å². The zero-order chi connectivity index (χ0) is 25.2. The molecule has 0 radical (unpaired) electrons. The van der Waals surface area contributed by atoms with E-state index in [0.717, 1.165) is 16.7 Å². The van der Waals surface area contributed by atoms with Crippen LogP contribution in [0.5, 0.6) is 11.5 Å². The van der Waals surface area contributed by atoms with E-state index >= 15 is 0 Å². The van der Waals surface area contributed by atoms with E-state index in [-0.39, 0.29) is 24.8 Å². The van der Waals surface area contributed by atoms with Crippen LogP contribution in [-0.4, -0.2) is 44.0 Å². The fourth-order valence-electron chi connectivity index (χ4n) is 3.96. The minimum atomic E-state index is -0.684. The van der Waals surface area contributed by atoms with Gasteiger partial charge in [0.05, 0.1) is 14.2 Å². The van der Waals surface area contributed by atoms with Crippen molar-refractivity contribution in [2.75, 3.05) is 21.3 Å². The molecule has 0 heterocycles. The molecule has 0 spiro atoms. The number of carbonyl (C=O) groups excluding carboxylic acids is 2. The number of hydrogen-bond acceptors (Lipinski definition) is 4. The highest BCUT2D eigenvalue weighted by molar-refractivity contribution is 6.31. The summed E-state index contributed by atoms with van der Waals surface area (Å²) < 4.78 is 10.7. The molecule has 0 aliphatic heterocycles. The van der Waals surface area contributed by atoms with Gasteiger partial charge < -0.3 is 19.7 Å². The monoisotopic (exact) mass is 494 g/mol. The summed E-state index contributed by atoms with van der Waals surface area (Å²) in [5.41, 5.74) is 2.70. The van der Waals surface area contributed by atoms with Gasteiger partial charge in [-0.1, -0.05) is 66.2 Å². The molecule has 6 nitrogen and oxygen atoms in total. The largest absolute Gasteiger partial charge is 0.493 e. The van der Waals surface area contributed by atoms with Crippen LogP contribution in [-0.2, 0) is 29.0 Å². The standard InChI is InChI=1S/C28H31ClN2O4/c1-30-28(33)24(17-20-9-5-4-6-10-20)31(19-22-11-7-8-12-23(22)29)27(32)16-14-21-13-15-25(34-2)26(18-21)35-3/h4-13,15,18,24H,14,16-17,19H2,1-3H3,(H,30,33)/t24-/m1/s1. The Balaban J connectivity index is 1.88. The molecule has 184 valence electrons. The van der Waals surface area contributed by atoms with Crippen LogP contribution in [0.3, 0.4) is 0 Å². The predicted molar refractivity (Wildman–Crippen MR) is 138 cm³/mol. The molecule has 0 aliphatic carbocycles. The zero-order valence-electron chi connectivity index (χ0n) is 20.3. The Bertz CT molecular complexity index is 1140. The first-order valence-corrected chi connectivity index (χ1v) is 11.8. The molecule has 3 aromatic rings. The van der Waals surface area contributed by atoms with Crippen LogP contribution in [0, 0.1) is 0 Å². The molecule has 3 rings (SSSR count). The molecule has 3 aromatic carbocycles. The Morgan fingerprint density at radius 1 is 0.914 bits per heavy atom. The van der Waals surface area contributed by atoms with Crippen molar-refractivity contribution < 1.29 is 19.1 Å². The van der Waals surface area contributed by atoms with Gasteiger partial charge in [-0.3, -0.25) is 9.59 Å². The number of amides is 2. The summed E-state index contributed by atoms with van der Waals surface area (Å²) in [5.74, 6) is 0.882. The van der Waals surface area contributed by atoms with Gasteiger partial charge in [0.15, 0.2) is 11.5 Å². The number of benzene rings is 3. The fraction of sp³-hybridized carbons (Fsp3) is 0.286. The Hall–Kier alpha value is -3.51. The molecule has 1 N–H and O–H groups in total. The summed E-state index contributed by atoms with van der Waals surface area (Å²) >= 11 is 6.42. The summed E-state index contributed by atoms with van der Waals surface area (Å²) in [5, 5.41) is 3.28. The van der Waals surface area contributed by atoms with Crippen LogP contribution < -0.4 is 14.8 Å². The molecule has 1 atom stereocenters. The number of nitrogens with zero attached hydrogens (tertiary/aromatic N) is 1. The number of carbonyl (C=O) groups is 2. The average molecular weight is 495 g/mol. The molecule has 35 heavy (non-hydrogen) atoms. The second-order valence-corrected chi connectivity index (χ2v) is 8.53. The van der Waals surface area contributed by atoms with E-state index in [1.54, 1.807) is 32.2 Å². The zero-order valence-corrected chi connectivity index (χ0v) is 21.0. The molecule has 0 bridgehead atoms. The number of hydrogen-bond donors (Lipinski definition) is 1. The molecule has 0 aliphatic rings. The molecule has 0 saturated heterocycles. The fourth-order valence-corrected chi connectivity index (χ4v) is 4.16. The van der Waals surface area contributed by atoms with Crippen molar-refractivity contribution in [3.63, 3.8) is 0 Å². The van der Waals surface area contributed by atoms with Gasteiger partial charge in [0, 0.05) is 31.5 Å². The first kappa shape index (κ1) is 26.1. The highest BCUT2D eigenvalue weighted by atomic mass is 35.5. The van der Waals surface area contributed by atoms with E-state index in [4.69, 9.17) is 21.1 Å². The van der Waals surface area contributed by atoms with E-state index < -0.39 is 6.04 Å². The van der Waals surface area contributed by atoms with Gasteiger partial charge in [0.2, 0.25) is 11.8 Å². The van der Waals surface area contributed by atoms with Crippen molar-refractivity contribution in [1.82, 2.24) is 10.2 Å². The minimum Gasteiger partial charge on any atom is -0.493 e. The lowest BCUT2D eigenvalue weighted by atomic mass is 10.0. The normalized spacial score (nSPS) is 11.4. The quantitative estimate of drug-likeness (QED) is 0.420. The maximum atomic E-state index is 13.6. The van der Waals surface area contributed by atoms with Gasteiger partial charge in [-0.05, 0) is 41.3 Å². The van der Waals surface area contributed by atoms with Crippen molar-refractivity contribution in [3.8, 4) is 11.5 Å². The van der Waals surface area contributed by atoms with Crippen LogP contribution >= 0.6 is 11.6 Å². The molecule has 0 saturated carbocycles. The number of likely N-dealkylation sites (N-methyl/N-ethyl adjacent to an activating group) is 1. The van der Waals surface area contributed by atoms with Crippen LogP contribution in [0.1, 0.15) is 23.1 Å². The maximum absolute atomic E-state index is 13.6. The summed E-state index contributed by atoms with van der Waals surface area (Å²) in [6.45, 7) is 0.232. The smallest absolute Gasteiger partial charge is 0.242 e. The molecule has 0 unspecified atom stereocenters. The van der Waals surface area contributed by atoms with Crippen molar-refractivity contribution in [2.24, 2.45) is 0 Å². The molecular weight excluding hydrogens is 464 g/mol. The van der Waals surface area contributed by atoms with E-state index in [1.807, 2.05) is 66.7 Å². The van der Waals surface area contributed by atoms with Crippen LogP contribution in [0.25, 0.3) is 0 Å². The summed E-state index contributed by atoms with van der Waals surface area (Å²) in [6.07, 6.45) is 1.11. The summed E-state index contributed by atoms with van der Waals surface area (Å²) in [6, 6.07) is 22.0. The Morgan fingerprint density at radius 3 is 2.26 bits per heavy atom. The van der Waals surface area contributed by atoms with E-state index in [9.17, 15) is 9.59 Å².